The van der Waals surface area contributed by atoms with E-state index in [0.717, 1.165) is 45.7 Å². The van der Waals surface area contributed by atoms with Crippen molar-refractivity contribution in [1.82, 2.24) is 9.80 Å². The average Bonchev–Trinajstić information content (AvgIpc) is 3.12. The molecule has 0 bridgehead atoms. The highest BCUT2D eigenvalue weighted by Crippen LogP contribution is 2.29. The molecule has 2 aliphatic rings. The summed E-state index contributed by atoms with van der Waals surface area (Å²) in [4.78, 5) is 19.8. The minimum atomic E-state index is -0.0840. The van der Waals surface area contributed by atoms with Crippen LogP contribution in [0.3, 0.4) is 0 Å². The van der Waals surface area contributed by atoms with Gasteiger partial charge in [-0.15, -0.1) is 0 Å². The predicted octanol–water partition coefficient (Wildman–Crippen LogP) is 2.78. The number of fused-ring (bicyclic) bond motifs is 1. The molecule has 136 valence electrons. The zero-order valence-corrected chi connectivity index (χ0v) is 15.5. The number of para-hydroxylation sites is 1. The highest BCUT2D eigenvalue weighted by Gasteiger charge is 2.31. The molecular formula is C22H27N3O. The fraction of sp³-hybridized carbons (Fsp3) is 0.409. The summed E-state index contributed by atoms with van der Waals surface area (Å²) in [6.45, 7) is 7.52. The minimum absolute atomic E-state index is 0.0840. The Morgan fingerprint density at radius 2 is 1.62 bits per heavy atom. The molecule has 1 unspecified atom stereocenters. The van der Waals surface area contributed by atoms with Gasteiger partial charge in [-0.05, 0) is 30.5 Å². The molecule has 0 aliphatic carbocycles. The largest absolute Gasteiger partial charge is 0.359 e. The normalized spacial score (nSPS) is 18.7. The first-order valence-electron chi connectivity index (χ1n) is 9.62. The van der Waals surface area contributed by atoms with Crippen molar-refractivity contribution in [3.05, 3.63) is 65.7 Å². The summed E-state index contributed by atoms with van der Waals surface area (Å²) >= 11 is 0. The van der Waals surface area contributed by atoms with Crippen LogP contribution in [0.4, 0.5) is 5.69 Å². The second-order valence-corrected chi connectivity index (χ2v) is 7.34. The Morgan fingerprint density at radius 3 is 2.38 bits per heavy atom. The van der Waals surface area contributed by atoms with Crippen molar-refractivity contribution in [2.75, 3.05) is 37.6 Å². The number of carbonyl (C=O) groups is 1. The van der Waals surface area contributed by atoms with E-state index >= 15 is 0 Å². The molecule has 1 amide bonds. The number of hydrogen-bond acceptors (Lipinski definition) is 3. The molecule has 0 N–H and O–H groups in total. The van der Waals surface area contributed by atoms with Gasteiger partial charge in [-0.2, -0.15) is 0 Å². The summed E-state index contributed by atoms with van der Waals surface area (Å²) in [5.41, 5.74) is 3.94. The molecule has 0 spiro atoms. The van der Waals surface area contributed by atoms with Crippen LogP contribution in [0, 0.1) is 0 Å². The van der Waals surface area contributed by atoms with Gasteiger partial charge in [-0.3, -0.25) is 9.69 Å². The quantitative estimate of drug-likeness (QED) is 0.849. The van der Waals surface area contributed by atoms with Crippen LogP contribution in [0.5, 0.6) is 0 Å². The Kier molecular flexibility index (Phi) is 4.93. The molecule has 2 heterocycles. The van der Waals surface area contributed by atoms with E-state index in [1.54, 1.807) is 0 Å². The highest BCUT2D eigenvalue weighted by molar-refractivity contribution is 5.86. The van der Waals surface area contributed by atoms with E-state index in [2.05, 4.69) is 71.3 Å². The van der Waals surface area contributed by atoms with Crippen LogP contribution in [-0.2, 0) is 17.8 Å². The van der Waals surface area contributed by atoms with Gasteiger partial charge >= 0.3 is 0 Å². The molecule has 2 aliphatic heterocycles. The third-order valence-corrected chi connectivity index (χ3v) is 5.68. The van der Waals surface area contributed by atoms with Crippen LogP contribution in [0.2, 0.25) is 0 Å². The van der Waals surface area contributed by atoms with Crippen molar-refractivity contribution in [2.24, 2.45) is 0 Å². The van der Waals surface area contributed by atoms with Crippen LogP contribution in [0.1, 0.15) is 18.1 Å². The van der Waals surface area contributed by atoms with E-state index in [9.17, 15) is 4.79 Å². The van der Waals surface area contributed by atoms with Gasteiger partial charge in [-0.25, -0.2) is 0 Å². The van der Waals surface area contributed by atoms with E-state index in [1.165, 1.54) is 16.8 Å². The highest BCUT2D eigenvalue weighted by atomic mass is 16.2. The molecule has 1 saturated heterocycles. The zero-order valence-electron chi connectivity index (χ0n) is 15.5. The van der Waals surface area contributed by atoms with Crippen molar-refractivity contribution in [3.8, 4) is 0 Å². The second-order valence-electron chi connectivity index (χ2n) is 7.34. The lowest BCUT2D eigenvalue weighted by molar-refractivity contribution is -0.134. The summed E-state index contributed by atoms with van der Waals surface area (Å²) in [6.07, 6.45) is 1.04. The molecule has 26 heavy (non-hydrogen) atoms. The maximum absolute atomic E-state index is 13.0. The lowest BCUT2D eigenvalue weighted by Gasteiger charge is -2.38. The van der Waals surface area contributed by atoms with Gasteiger partial charge in [0, 0.05) is 45.0 Å². The van der Waals surface area contributed by atoms with Gasteiger partial charge < -0.3 is 9.80 Å². The Labute approximate surface area is 156 Å². The van der Waals surface area contributed by atoms with Crippen molar-refractivity contribution in [2.45, 2.75) is 25.9 Å². The van der Waals surface area contributed by atoms with Gasteiger partial charge in [0.2, 0.25) is 5.91 Å². The number of hydrogen-bond donors (Lipinski definition) is 0. The molecule has 1 fully saturated rings. The number of piperazine rings is 1. The molecule has 0 radical (unpaired) electrons. The topological polar surface area (TPSA) is 26.8 Å². The molecule has 0 aromatic heterocycles. The van der Waals surface area contributed by atoms with Crippen molar-refractivity contribution in [3.63, 3.8) is 0 Å². The first-order valence-corrected chi connectivity index (χ1v) is 9.62. The SMILES string of the molecule is CC(C(=O)N1CCN(Cc2ccccc2)CC1)N1CCc2ccccc21. The molecular weight excluding hydrogens is 322 g/mol. The Bertz CT molecular complexity index is 753. The Morgan fingerprint density at radius 1 is 0.923 bits per heavy atom. The van der Waals surface area contributed by atoms with Crippen molar-refractivity contribution in [1.29, 1.82) is 0 Å². The monoisotopic (exact) mass is 349 g/mol. The summed E-state index contributed by atoms with van der Waals surface area (Å²) < 4.78 is 0. The summed E-state index contributed by atoms with van der Waals surface area (Å²) in [7, 11) is 0. The third-order valence-electron chi connectivity index (χ3n) is 5.68. The molecule has 4 rings (SSSR count). The molecule has 0 saturated carbocycles. The predicted molar refractivity (Wildman–Crippen MR) is 105 cm³/mol. The van der Waals surface area contributed by atoms with E-state index < -0.39 is 0 Å². The fourth-order valence-electron chi connectivity index (χ4n) is 4.13. The van der Waals surface area contributed by atoms with Gasteiger partial charge in [0.15, 0.2) is 0 Å². The summed E-state index contributed by atoms with van der Waals surface area (Å²) in [5, 5.41) is 0. The molecule has 4 nitrogen and oxygen atoms in total. The van der Waals surface area contributed by atoms with E-state index in [4.69, 9.17) is 0 Å². The van der Waals surface area contributed by atoms with Crippen LogP contribution >= 0.6 is 0 Å². The Hall–Kier alpha value is -2.33. The van der Waals surface area contributed by atoms with Gasteiger partial charge in [0.25, 0.3) is 0 Å². The number of anilines is 1. The van der Waals surface area contributed by atoms with E-state index in [0.29, 0.717) is 0 Å². The summed E-state index contributed by atoms with van der Waals surface area (Å²) in [5.74, 6) is 0.265. The molecule has 2 aromatic carbocycles. The lowest BCUT2D eigenvalue weighted by Crippen LogP contribution is -2.53. The number of rotatable bonds is 4. The molecule has 1 atom stereocenters. The number of amides is 1. The maximum atomic E-state index is 13.0. The minimum Gasteiger partial charge on any atom is -0.359 e. The lowest BCUT2D eigenvalue weighted by atomic mass is 10.1. The van der Waals surface area contributed by atoms with Gasteiger partial charge in [0.1, 0.15) is 6.04 Å². The third kappa shape index (κ3) is 3.47. The number of benzene rings is 2. The zero-order chi connectivity index (χ0) is 17.9. The summed E-state index contributed by atoms with van der Waals surface area (Å²) in [6, 6.07) is 19.0. The Balaban J connectivity index is 1.34. The first-order chi connectivity index (χ1) is 12.7. The van der Waals surface area contributed by atoms with E-state index in [-0.39, 0.29) is 11.9 Å². The fourth-order valence-corrected chi connectivity index (χ4v) is 4.13. The standard InChI is InChI=1S/C22H27N3O/c1-18(25-12-11-20-9-5-6-10-21(20)25)22(26)24-15-13-23(14-16-24)17-19-7-3-2-4-8-19/h2-10,18H,11-17H2,1H3. The van der Waals surface area contributed by atoms with Crippen LogP contribution in [-0.4, -0.2) is 54.5 Å². The maximum Gasteiger partial charge on any atom is 0.245 e. The van der Waals surface area contributed by atoms with Crippen LogP contribution in [0.15, 0.2) is 54.6 Å². The number of carbonyl (C=O) groups excluding carboxylic acids is 1. The van der Waals surface area contributed by atoms with Crippen molar-refractivity contribution >= 4 is 11.6 Å². The molecule has 4 heteroatoms. The molecule has 2 aromatic rings. The average molecular weight is 349 g/mol. The first kappa shape index (κ1) is 17.1. The van der Waals surface area contributed by atoms with Gasteiger partial charge in [-0.1, -0.05) is 48.5 Å². The smallest absolute Gasteiger partial charge is 0.245 e. The van der Waals surface area contributed by atoms with E-state index in [1.807, 2.05) is 4.90 Å². The van der Waals surface area contributed by atoms with Crippen molar-refractivity contribution < 1.29 is 4.79 Å². The van der Waals surface area contributed by atoms with Gasteiger partial charge in [0.05, 0.1) is 0 Å². The van der Waals surface area contributed by atoms with Crippen LogP contribution in [0.25, 0.3) is 0 Å². The number of nitrogens with zero attached hydrogens (tertiary/aromatic N) is 3. The van der Waals surface area contributed by atoms with Crippen LogP contribution < -0.4 is 4.90 Å². The second kappa shape index (κ2) is 7.50.